The highest BCUT2D eigenvalue weighted by Crippen LogP contribution is 2.31. The standard InChI is InChI=1S/C27H34FN5O4/c1-18(34)16-37-24-6-5-21(15-30-24)22-14-27(17-31-19(22)2,33-9-11-36-12-10-33)32-25(35)20-7-8-29-23(13-20)26(3,4)28/h5-8,13-15,17-19,34H,9-12,16H2,1-4H3,(H,32,35). The number of amides is 1. The third-order valence-electron chi connectivity index (χ3n) is 6.34. The summed E-state index contributed by atoms with van der Waals surface area (Å²) >= 11 is 0. The molecule has 1 amide bonds. The van der Waals surface area contributed by atoms with Crippen molar-refractivity contribution >= 4 is 17.7 Å². The number of hydrogen-bond acceptors (Lipinski definition) is 8. The molecule has 9 nitrogen and oxygen atoms in total. The Morgan fingerprint density at radius 2 is 2.08 bits per heavy atom. The molecule has 10 heteroatoms. The van der Waals surface area contributed by atoms with E-state index in [1.807, 2.05) is 19.1 Å². The molecule has 0 aromatic carbocycles. The molecule has 37 heavy (non-hydrogen) atoms. The summed E-state index contributed by atoms with van der Waals surface area (Å²) in [4.78, 5) is 28.8. The highest BCUT2D eigenvalue weighted by atomic mass is 19.1. The van der Waals surface area contributed by atoms with Crippen molar-refractivity contribution in [1.29, 1.82) is 0 Å². The summed E-state index contributed by atoms with van der Waals surface area (Å²) in [7, 11) is 0. The first-order valence-electron chi connectivity index (χ1n) is 12.4. The summed E-state index contributed by atoms with van der Waals surface area (Å²) in [6.45, 7) is 8.82. The van der Waals surface area contributed by atoms with Crippen LogP contribution >= 0.6 is 0 Å². The number of aliphatic imine (C=N–C) groups is 1. The molecule has 0 spiro atoms. The summed E-state index contributed by atoms with van der Waals surface area (Å²) in [5.41, 5.74) is -0.460. The van der Waals surface area contributed by atoms with Gasteiger partial charge in [-0.1, -0.05) is 0 Å². The van der Waals surface area contributed by atoms with Crippen LogP contribution in [0.2, 0.25) is 0 Å². The van der Waals surface area contributed by atoms with Gasteiger partial charge in [-0.2, -0.15) is 0 Å². The summed E-state index contributed by atoms with van der Waals surface area (Å²) < 4.78 is 25.6. The number of alkyl halides is 1. The zero-order chi connectivity index (χ0) is 26.6. The van der Waals surface area contributed by atoms with E-state index in [0.29, 0.717) is 37.7 Å². The number of ether oxygens (including phenoxy) is 2. The largest absolute Gasteiger partial charge is 0.475 e. The molecule has 3 atom stereocenters. The minimum absolute atomic E-state index is 0.151. The van der Waals surface area contributed by atoms with Gasteiger partial charge in [0.15, 0.2) is 0 Å². The van der Waals surface area contributed by atoms with Gasteiger partial charge >= 0.3 is 0 Å². The number of rotatable bonds is 8. The number of pyridine rings is 2. The fourth-order valence-corrected chi connectivity index (χ4v) is 4.27. The number of aliphatic hydroxyl groups is 1. The van der Waals surface area contributed by atoms with Crippen LogP contribution in [0.4, 0.5) is 4.39 Å². The minimum Gasteiger partial charge on any atom is -0.475 e. The van der Waals surface area contributed by atoms with Crippen molar-refractivity contribution in [1.82, 2.24) is 20.2 Å². The molecular formula is C27H34FN5O4. The zero-order valence-corrected chi connectivity index (χ0v) is 21.6. The smallest absolute Gasteiger partial charge is 0.253 e. The van der Waals surface area contributed by atoms with Gasteiger partial charge in [0.05, 0.1) is 31.1 Å². The highest BCUT2D eigenvalue weighted by Gasteiger charge is 2.39. The van der Waals surface area contributed by atoms with Crippen LogP contribution in [0.15, 0.2) is 47.7 Å². The Balaban J connectivity index is 1.67. The zero-order valence-electron chi connectivity index (χ0n) is 21.6. The first-order chi connectivity index (χ1) is 17.6. The van der Waals surface area contributed by atoms with Gasteiger partial charge in [-0.15, -0.1) is 0 Å². The second-order valence-corrected chi connectivity index (χ2v) is 9.88. The van der Waals surface area contributed by atoms with Gasteiger partial charge in [-0.3, -0.25) is 19.7 Å². The Morgan fingerprint density at radius 3 is 2.73 bits per heavy atom. The lowest BCUT2D eigenvalue weighted by Gasteiger charge is -2.44. The monoisotopic (exact) mass is 511 g/mol. The van der Waals surface area contributed by atoms with E-state index in [1.54, 1.807) is 31.5 Å². The Morgan fingerprint density at radius 1 is 1.32 bits per heavy atom. The maximum atomic E-state index is 14.5. The average molecular weight is 512 g/mol. The van der Waals surface area contributed by atoms with Gasteiger partial charge in [-0.05, 0) is 63.1 Å². The Labute approximate surface area is 216 Å². The van der Waals surface area contributed by atoms with Gasteiger partial charge < -0.3 is 19.9 Å². The van der Waals surface area contributed by atoms with E-state index < -0.39 is 17.4 Å². The quantitative estimate of drug-likeness (QED) is 0.561. The van der Waals surface area contributed by atoms with Crippen molar-refractivity contribution < 1.29 is 23.8 Å². The van der Waals surface area contributed by atoms with Crippen LogP contribution in [0, 0.1) is 0 Å². The summed E-state index contributed by atoms with van der Waals surface area (Å²) in [5, 5.41) is 12.6. The first-order valence-corrected chi connectivity index (χ1v) is 12.4. The molecule has 4 heterocycles. The number of halogens is 1. The molecule has 4 rings (SSSR count). The number of aromatic nitrogens is 2. The van der Waals surface area contributed by atoms with Gasteiger partial charge in [0, 0.05) is 43.3 Å². The molecule has 0 bridgehead atoms. The Hall–Kier alpha value is -3.21. The first kappa shape index (κ1) is 26.8. The van der Waals surface area contributed by atoms with Crippen molar-refractivity contribution in [2.24, 2.45) is 4.99 Å². The molecule has 1 saturated heterocycles. The number of morpholine rings is 1. The molecule has 1 fully saturated rings. The number of aliphatic hydroxyl groups excluding tert-OH is 1. The molecule has 2 aliphatic rings. The van der Waals surface area contributed by atoms with Crippen molar-refractivity contribution in [2.75, 3.05) is 32.9 Å². The number of carbonyl (C=O) groups is 1. The van der Waals surface area contributed by atoms with Crippen LogP contribution in [-0.2, 0) is 10.4 Å². The van der Waals surface area contributed by atoms with E-state index in [-0.39, 0.29) is 24.2 Å². The normalized spacial score (nSPS) is 23.3. The molecular weight excluding hydrogens is 477 g/mol. The fraction of sp³-hybridized carbons (Fsp3) is 0.481. The fourth-order valence-electron chi connectivity index (χ4n) is 4.27. The number of dihydropyridines is 1. The molecule has 198 valence electrons. The number of hydrogen-bond donors (Lipinski definition) is 2. The molecule has 2 aliphatic heterocycles. The van der Waals surface area contributed by atoms with Gasteiger partial charge in [0.2, 0.25) is 5.88 Å². The third kappa shape index (κ3) is 6.38. The second kappa shape index (κ2) is 11.0. The SMILES string of the molecule is CC(O)COc1ccc(C2=CC(NC(=O)c3ccnc(C(C)(C)F)c3)(N3CCOCC3)C=NC2C)cn1. The molecule has 2 aromatic rings. The van der Waals surface area contributed by atoms with E-state index in [1.165, 1.54) is 26.1 Å². The number of nitrogens with one attached hydrogen (secondary N) is 1. The third-order valence-corrected chi connectivity index (χ3v) is 6.34. The summed E-state index contributed by atoms with van der Waals surface area (Å²) in [6.07, 6.45) is 6.31. The molecule has 0 radical (unpaired) electrons. The van der Waals surface area contributed by atoms with E-state index >= 15 is 0 Å². The van der Waals surface area contributed by atoms with Crippen LogP contribution in [0.5, 0.6) is 5.88 Å². The highest BCUT2D eigenvalue weighted by molar-refractivity contribution is 5.98. The topological polar surface area (TPSA) is 109 Å². The minimum atomic E-state index is -1.68. The average Bonchev–Trinajstić information content (AvgIpc) is 2.89. The van der Waals surface area contributed by atoms with Crippen molar-refractivity contribution in [3.05, 3.63) is 59.6 Å². The van der Waals surface area contributed by atoms with E-state index in [2.05, 4.69) is 20.2 Å². The second-order valence-electron chi connectivity index (χ2n) is 9.88. The molecule has 0 saturated carbocycles. The lowest BCUT2D eigenvalue weighted by Crippen LogP contribution is -2.64. The van der Waals surface area contributed by atoms with Gasteiger partial charge in [0.1, 0.15) is 17.9 Å². The van der Waals surface area contributed by atoms with Gasteiger partial charge in [-0.25, -0.2) is 9.37 Å². The van der Waals surface area contributed by atoms with Crippen LogP contribution in [0.25, 0.3) is 5.57 Å². The Kier molecular flexibility index (Phi) is 8.01. The molecule has 2 aromatic heterocycles. The molecule has 0 aliphatic carbocycles. The maximum Gasteiger partial charge on any atom is 0.253 e. The van der Waals surface area contributed by atoms with E-state index in [4.69, 9.17) is 14.5 Å². The predicted octanol–water partition coefficient (Wildman–Crippen LogP) is 2.76. The van der Waals surface area contributed by atoms with Crippen molar-refractivity contribution in [2.45, 2.75) is 51.2 Å². The number of carbonyl (C=O) groups excluding carboxylic acids is 1. The van der Waals surface area contributed by atoms with Crippen molar-refractivity contribution in [3.8, 4) is 5.88 Å². The lowest BCUT2D eigenvalue weighted by molar-refractivity contribution is 0.00580. The predicted molar refractivity (Wildman–Crippen MR) is 138 cm³/mol. The van der Waals surface area contributed by atoms with E-state index in [9.17, 15) is 14.3 Å². The molecule has 3 unspecified atom stereocenters. The van der Waals surface area contributed by atoms with Crippen LogP contribution in [-0.4, -0.2) is 82.8 Å². The number of nitrogens with zero attached hydrogens (tertiary/aromatic N) is 4. The van der Waals surface area contributed by atoms with Crippen LogP contribution < -0.4 is 10.1 Å². The van der Waals surface area contributed by atoms with Crippen molar-refractivity contribution in [3.63, 3.8) is 0 Å². The van der Waals surface area contributed by atoms with Crippen LogP contribution in [0.3, 0.4) is 0 Å². The van der Waals surface area contributed by atoms with E-state index in [0.717, 1.165) is 11.1 Å². The van der Waals surface area contributed by atoms with Gasteiger partial charge in [0.25, 0.3) is 5.91 Å². The Bertz CT molecular complexity index is 1160. The lowest BCUT2D eigenvalue weighted by atomic mass is 9.92. The maximum absolute atomic E-state index is 14.5. The summed E-state index contributed by atoms with van der Waals surface area (Å²) in [6, 6.07) is 6.51. The molecule has 2 N–H and O–H groups in total. The summed E-state index contributed by atoms with van der Waals surface area (Å²) in [5.74, 6) is 0.0465. The van der Waals surface area contributed by atoms with Crippen LogP contribution in [0.1, 0.15) is 49.3 Å².